The van der Waals surface area contributed by atoms with Crippen LogP contribution in [0.3, 0.4) is 0 Å². The van der Waals surface area contributed by atoms with Crippen molar-refractivity contribution >= 4 is 5.82 Å². The lowest BCUT2D eigenvalue weighted by molar-refractivity contribution is -0.157. The summed E-state index contributed by atoms with van der Waals surface area (Å²) in [7, 11) is 0. The molecule has 1 heterocycles. The molecule has 3 aliphatic carbocycles. The van der Waals surface area contributed by atoms with Crippen molar-refractivity contribution < 1.29 is 4.74 Å². The molecule has 2 unspecified atom stereocenters. The molecule has 1 aromatic rings. The number of aromatic nitrogens is 2. The van der Waals surface area contributed by atoms with E-state index in [0.717, 1.165) is 24.7 Å². The average Bonchev–Trinajstić information content (AvgIpc) is 3.20. The molecule has 0 bridgehead atoms. The van der Waals surface area contributed by atoms with Gasteiger partial charge in [-0.05, 0) is 45.1 Å². The van der Waals surface area contributed by atoms with E-state index in [9.17, 15) is 0 Å². The number of hydrogen-bond acceptors (Lipinski definition) is 4. The third kappa shape index (κ3) is 1.93. The first-order chi connectivity index (χ1) is 9.82. The maximum Gasteiger partial charge on any atom is 0.133 e. The fourth-order valence-corrected chi connectivity index (χ4v) is 3.81. The number of ether oxygens (including phenoxy) is 1. The van der Waals surface area contributed by atoms with Crippen molar-refractivity contribution in [2.24, 2.45) is 5.41 Å². The summed E-state index contributed by atoms with van der Waals surface area (Å²) in [5, 5.41) is 3.65. The molecule has 3 fully saturated rings. The minimum Gasteiger partial charge on any atom is -0.378 e. The molecule has 0 radical (unpaired) electrons. The minimum atomic E-state index is 0.390. The van der Waals surface area contributed by atoms with Crippen molar-refractivity contribution in [3.63, 3.8) is 0 Å². The van der Waals surface area contributed by atoms with E-state index in [1.54, 1.807) is 0 Å². The molecule has 3 saturated carbocycles. The fourth-order valence-electron chi connectivity index (χ4n) is 3.81. The molecule has 108 valence electrons. The van der Waals surface area contributed by atoms with Gasteiger partial charge < -0.3 is 10.1 Å². The quantitative estimate of drug-likeness (QED) is 0.895. The van der Waals surface area contributed by atoms with Gasteiger partial charge in [0.2, 0.25) is 0 Å². The van der Waals surface area contributed by atoms with Crippen molar-refractivity contribution in [3.8, 4) is 0 Å². The van der Waals surface area contributed by atoms with Crippen LogP contribution >= 0.6 is 0 Å². The van der Waals surface area contributed by atoms with Gasteiger partial charge in [0.15, 0.2) is 0 Å². The fraction of sp³-hybridized carbons (Fsp3) is 0.750. The van der Waals surface area contributed by atoms with Crippen LogP contribution in [0.25, 0.3) is 0 Å². The first-order valence-electron chi connectivity index (χ1n) is 8.03. The van der Waals surface area contributed by atoms with Gasteiger partial charge in [0.25, 0.3) is 0 Å². The van der Waals surface area contributed by atoms with Crippen molar-refractivity contribution in [1.82, 2.24) is 9.97 Å². The van der Waals surface area contributed by atoms with E-state index < -0.39 is 0 Å². The SMILES string of the molecule is CCOC1CC(Nc2ccnc(C3CC3)n2)C12CCC2. The lowest BCUT2D eigenvalue weighted by Gasteiger charge is -2.61. The smallest absolute Gasteiger partial charge is 0.133 e. The van der Waals surface area contributed by atoms with E-state index in [0.29, 0.717) is 23.5 Å². The van der Waals surface area contributed by atoms with E-state index in [1.165, 1.54) is 32.1 Å². The highest BCUT2D eigenvalue weighted by molar-refractivity contribution is 5.38. The molecule has 4 heteroatoms. The Bertz CT molecular complexity index is 496. The van der Waals surface area contributed by atoms with Gasteiger partial charge in [0.05, 0.1) is 6.10 Å². The molecule has 1 spiro atoms. The second kappa shape index (κ2) is 4.69. The second-order valence-corrected chi connectivity index (χ2v) is 6.54. The lowest BCUT2D eigenvalue weighted by atomic mass is 9.51. The Hall–Kier alpha value is -1.16. The molecule has 4 nitrogen and oxygen atoms in total. The molecule has 1 N–H and O–H groups in total. The van der Waals surface area contributed by atoms with Crippen LogP contribution in [-0.2, 0) is 4.74 Å². The summed E-state index contributed by atoms with van der Waals surface area (Å²) in [6.45, 7) is 2.93. The van der Waals surface area contributed by atoms with Gasteiger partial charge in [-0.1, -0.05) is 6.42 Å². The Balaban J connectivity index is 1.45. The molecule has 3 aliphatic rings. The molecule has 20 heavy (non-hydrogen) atoms. The van der Waals surface area contributed by atoms with E-state index in [2.05, 4.69) is 22.2 Å². The molecular formula is C16H23N3O. The van der Waals surface area contributed by atoms with Gasteiger partial charge in [-0.15, -0.1) is 0 Å². The molecule has 4 rings (SSSR count). The summed E-state index contributed by atoms with van der Waals surface area (Å²) in [4.78, 5) is 9.08. The predicted octanol–water partition coefficient (Wildman–Crippen LogP) is 3.11. The van der Waals surface area contributed by atoms with E-state index in [-0.39, 0.29) is 0 Å². The van der Waals surface area contributed by atoms with E-state index in [4.69, 9.17) is 4.74 Å². The molecule has 1 aromatic heterocycles. The molecule has 0 amide bonds. The topological polar surface area (TPSA) is 47.0 Å². The molecule has 2 atom stereocenters. The molecule has 0 aliphatic heterocycles. The third-order valence-corrected chi connectivity index (χ3v) is 5.38. The van der Waals surface area contributed by atoms with Crippen molar-refractivity contribution in [2.45, 2.75) is 63.5 Å². The van der Waals surface area contributed by atoms with Gasteiger partial charge in [-0.25, -0.2) is 9.97 Å². The molecule has 0 saturated heterocycles. The summed E-state index contributed by atoms with van der Waals surface area (Å²) in [6, 6.07) is 2.54. The normalized spacial score (nSPS) is 30.6. The second-order valence-electron chi connectivity index (χ2n) is 6.54. The first kappa shape index (κ1) is 12.6. The predicted molar refractivity (Wildman–Crippen MR) is 77.7 cm³/mol. The summed E-state index contributed by atoms with van der Waals surface area (Å²) >= 11 is 0. The summed E-state index contributed by atoms with van der Waals surface area (Å²) in [6.07, 6.45) is 9.94. The van der Waals surface area contributed by atoms with Crippen LogP contribution in [0.15, 0.2) is 12.3 Å². The highest BCUT2D eigenvalue weighted by Crippen LogP contribution is 2.58. The van der Waals surface area contributed by atoms with Crippen LogP contribution in [0.5, 0.6) is 0 Å². The highest BCUT2D eigenvalue weighted by atomic mass is 16.5. The van der Waals surface area contributed by atoms with Crippen LogP contribution in [0.2, 0.25) is 0 Å². The summed E-state index contributed by atoms with van der Waals surface area (Å²) in [5.74, 6) is 2.65. The van der Waals surface area contributed by atoms with E-state index in [1.807, 2.05) is 12.3 Å². The number of hydrogen-bond donors (Lipinski definition) is 1. The number of anilines is 1. The van der Waals surface area contributed by atoms with Crippen LogP contribution in [0, 0.1) is 5.41 Å². The largest absolute Gasteiger partial charge is 0.378 e. The Kier molecular flexibility index (Phi) is 2.95. The Morgan fingerprint density at radius 3 is 2.90 bits per heavy atom. The summed E-state index contributed by atoms with van der Waals surface area (Å²) in [5.41, 5.74) is 0.390. The molecular weight excluding hydrogens is 250 g/mol. The van der Waals surface area contributed by atoms with Crippen LogP contribution in [-0.4, -0.2) is 28.7 Å². The maximum atomic E-state index is 5.90. The van der Waals surface area contributed by atoms with Gasteiger partial charge in [0, 0.05) is 30.2 Å². The third-order valence-electron chi connectivity index (χ3n) is 5.38. The number of nitrogens with one attached hydrogen (secondary N) is 1. The standard InChI is InChI=1S/C16H23N3O/c1-2-20-13-10-12(16(13)7-3-8-16)18-14-6-9-17-15(19-14)11-4-5-11/h6,9,11-13H,2-5,7-8,10H2,1H3,(H,17,18,19). The maximum absolute atomic E-state index is 5.90. The highest BCUT2D eigenvalue weighted by Gasteiger charge is 2.59. The number of nitrogens with zero attached hydrogens (tertiary/aromatic N) is 2. The van der Waals surface area contributed by atoms with Crippen LogP contribution < -0.4 is 5.32 Å². The van der Waals surface area contributed by atoms with Crippen LogP contribution in [0.1, 0.15) is 57.2 Å². The monoisotopic (exact) mass is 273 g/mol. The zero-order valence-electron chi connectivity index (χ0n) is 12.1. The van der Waals surface area contributed by atoms with Crippen LogP contribution in [0.4, 0.5) is 5.82 Å². The van der Waals surface area contributed by atoms with Gasteiger partial charge in [0.1, 0.15) is 11.6 Å². The number of rotatable bonds is 5. The minimum absolute atomic E-state index is 0.390. The Morgan fingerprint density at radius 2 is 2.25 bits per heavy atom. The zero-order chi connectivity index (χ0) is 13.6. The van der Waals surface area contributed by atoms with Crippen molar-refractivity contribution in [3.05, 3.63) is 18.1 Å². The molecule has 0 aromatic carbocycles. The van der Waals surface area contributed by atoms with E-state index >= 15 is 0 Å². The van der Waals surface area contributed by atoms with Gasteiger partial charge in [-0.3, -0.25) is 0 Å². The zero-order valence-corrected chi connectivity index (χ0v) is 12.1. The lowest BCUT2D eigenvalue weighted by Crippen LogP contribution is -2.64. The van der Waals surface area contributed by atoms with Gasteiger partial charge in [-0.2, -0.15) is 0 Å². The average molecular weight is 273 g/mol. The van der Waals surface area contributed by atoms with Crippen molar-refractivity contribution in [1.29, 1.82) is 0 Å². The van der Waals surface area contributed by atoms with Gasteiger partial charge >= 0.3 is 0 Å². The van der Waals surface area contributed by atoms with Crippen molar-refractivity contribution in [2.75, 3.05) is 11.9 Å². The Labute approximate surface area is 120 Å². The Morgan fingerprint density at radius 1 is 1.40 bits per heavy atom. The summed E-state index contributed by atoms with van der Waals surface area (Å²) < 4.78 is 5.90. The first-order valence-corrected chi connectivity index (χ1v) is 8.03.